The molecule has 0 aliphatic carbocycles. The SMILES string of the molecule is CNS(=O)(=O)Cc1ccc(CNC(=O)NCCc2ccccc2Br)cc1. The zero-order valence-corrected chi connectivity index (χ0v) is 16.9. The standard InChI is InChI=1S/C18H22BrN3O3S/c1-20-26(24,25)13-15-8-6-14(7-9-15)12-22-18(23)21-11-10-16-4-2-3-5-17(16)19/h2-9,20H,10-13H2,1H3,(H2,21,22,23). The Bertz CT molecular complexity index is 839. The third kappa shape index (κ3) is 6.78. The van der Waals surface area contributed by atoms with Gasteiger partial charge in [0.2, 0.25) is 10.0 Å². The van der Waals surface area contributed by atoms with Gasteiger partial charge in [0, 0.05) is 17.6 Å². The highest BCUT2D eigenvalue weighted by atomic mass is 79.9. The average Bonchev–Trinajstić information content (AvgIpc) is 2.62. The maximum Gasteiger partial charge on any atom is 0.315 e. The summed E-state index contributed by atoms with van der Waals surface area (Å²) in [6.45, 7) is 0.912. The van der Waals surface area contributed by atoms with Crippen molar-refractivity contribution in [2.75, 3.05) is 13.6 Å². The molecule has 0 aromatic heterocycles. The number of benzene rings is 2. The van der Waals surface area contributed by atoms with Gasteiger partial charge in [-0.2, -0.15) is 0 Å². The fourth-order valence-electron chi connectivity index (χ4n) is 2.30. The second-order valence-corrected chi connectivity index (χ2v) is 8.51. The van der Waals surface area contributed by atoms with Crippen molar-refractivity contribution in [2.24, 2.45) is 0 Å². The number of amides is 2. The van der Waals surface area contributed by atoms with Gasteiger partial charge in [0.1, 0.15) is 0 Å². The van der Waals surface area contributed by atoms with E-state index in [1.807, 2.05) is 36.4 Å². The molecule has 0 spiro atoms. The van der Waals surface area contributed by atoms with Crippen LogP contribution < -0.4 is 15.4 Å². The summed E-state index contributed by atoms with van der Waals surface area (Å²) in [5.74, 6) is -0.0628. The molecule has 2 aromatic rings. The summed E-state index contributed by atoms with van der Waals surface area (Å²) in [5, 5.41) is 5.61. The molecule has 0 radical (unpaired) electrons. The Labute approximate surface area is 162 Å². The highest BCUT2D eigenvalue weighted by molar-refractivity contribution is 9.10. The number of rotatable bonds is 8. The molecule has 2 amide bonds. The van der Waals surface area contributed by atoms with Crippen LogP contribution in [0.3, 0.4) is 0 Å². The van der Waals surface area contributed by atoms with E-state index in [0.717, 1.165) is 22.0 Å². The van der Waals surface area contributed by atoms with Crippen molar-refractivity contribution in [3.05, 3.63) is 69.7 Å². The van der Waals surface area contributed by atoms with Crippen LogP contribution in [-0.4, -0.2) is 28.0 Å². The summed E-state index contributed by atoms with van der Waals surface area (Å²) < 4.78 is 26.3. The van der Waals surface area contributed by atoms with E-state index in [-0.39, 0.29) is 11.8 Å². The number of hydrogen-bond acceptors (Lipinski definition) is 3. The summed E-state index contributed by atoms with van der Waals surface area (Å²) in [5.41, 5.74) is 2.73. The van der Waals surface area contributed by atoms with Gasteiger partial charge in [-0.1, -0.05) is 58.4 Å². The summed E-state index contributed by atoms with van der Waals surface area (Å²) in [6.07, 6.45) is 0.740. The summed E-state index contributed by atoms with van der Waals surface area (Å²) in [7, 11) is -1.89. The lowest BCUT2D eigenvalue weighted by atomic mass is 10.1. The highest BCUT2D eigenvalue weighted by Crippen LogP contribution is 2.15. The molecule has 0 saturated carbocycles. The number of urea groups is 1. The van der Waals surface area contributed by atoms with E-state index in [1.165, 1.54) is 7.05 Å². The van der Waals surface area contributed by atoms with Crippen molar-refractivity contribution >= 4 is 32.0 Å². The monoisotopic (exact) mass is 439 g/mol. The van der Waals surface area contributed by atoms with Gasteiger partial charge in [-0.3, -0.25) is 0 Å². The minimum absolute atomic E-state index is 0.0628. The minimum Gasteiger partial charge on any atom is -0.338 e. The molecular weight excluding hydrogens is 418 g/mol. The van der Waals surface area contributed by atoms with Crippen LogP contribution in [0.25, 0.3) is 0 Å². The van der Waals surface area contributed by atoms with E-state index < -0.39 is 10.0 Å². The zero-order valence-electron chi connectivity index (χ0n) is 14.5. The molecule has 0 aliphatic heterocycles. The van der Waals surface area contributed by atoms with Crippen LogP contribution in [0, 0.1) is 0 Å². The van der Waals surface area contributed by atoms with Gasteiger partial charge < -0.3 is 10.6 Å². The van der Waals surface area contributed by atoms with Gasteiger partial charge >= 0.3 is 6.03 Å². The molecule has 0 atom stereocenters. The fraction of sp³-hybridized carbons (Fsp3) is 0.278. The lowest BCUT2D eigenvalue weighted by molar-refractivity contribution is 0.240. The van der Waals surface area contributed by atoms with Crippen molar-refractivity contribution in [1.82, 2.24) is 15.4 Å². The number of carbonyl (C=O) groups excluding carboxylic acids is 1. The molecular formula is C18H22BrN3O3S. The van der Waals surface area contributed by atoms with Crippen molar-refractivity contribution in [1.29, 1.82) is 0 Å². The zero-order chi connectivity index (χ0) is 19.0. The first-order valence-electron chi connectivity index (χ1n) is 8.14. The molecule has 2 aromatic carbocycles. The lowest BCUT2D eigenvalue weighted by Gasteiger charge is -2.09. The number of carbonyl (C=O) groups is 1. The Morgan fingerprint density at radius 1 is 1.00 bits per heavy atom. The van der Waals surface area contributed by atoms with Gasteiger partial charge in [0.15, 0.2) is 0 Å². The molecule has 26 heavy (non-hydrogen) atoms. The molecule has 2 rings (SSSR count). The maximum absolute atomic E-state index is 11.9. The first kappa shape index (κ1) is 20.4. The highest BCUT2D eigenvalue weighted by Gasteiger charge is 2.08. The third-order valence-electron chi connectivity index (χ3n) is 3.78. The largest absolute Gasteiger partial charge is 0.338 e. The molecule has 0 bridgehead atoms. The molecule has 8 heteroatoms. The Balaban J connectivity index is 1.74. The Morgan fingerprint density at radius 3 is 2.31 bits per heavy atom. The summed E-state index contributed by atoms with van der Waals surface area (Å²) in [4.78, 5) is 11.9. The van der Waals surface area contributed by atoms with Gasteiger partial charge in [0.05, 0.1) is 5.75 Å². The quantitative estimate of drug-likeness (QED) is 0.590. The van der Waals surface area contributed by atoms with Crippen LogP contribution in [0.5, 0.6) is 0 Å². The van der Waals surface area contributed by atoms with Gasteiger partial charge in [0.25, 0.3) is 0 Å². The van der Waals surface area contributed by atoms with Crippen LogP contribution in [-0.2, 0) is 28.7 Å². The average molecular weight is 440 g/mol. The number of nitrogens with one attached hydrogen (secondary N) is 3. The minimum atomic E-state index is -3.28. The van der Waals surface area contributed by atoms with Crippen molar-refractivity contribution in [3.8, 4) is 0 Å². The van der Waals surface area contributed by atoms with Crippen molar-refractivity contribution in [2.45, 2.75) is 18.7 Å². The molecule has 0 heterocycles. The first-order valence-corrected chi connectivity index (χ1v) is 10.6. The van der Waals surface area contributed by atoms with Gasteiger partial charge in [-0.25, -0.2) is 17.9 Å². The predicted octanol–water partition coefficient (Wildman–Crippen LogP) is 2.54. The molecule has 3 N–H and O–H groups in total. The Kier molecular flexibility index (Phi) is 7.62. The summed E-state index contributed by atoms with van der Waals surface area (Å²) >= 11 is 3.48. The second-order valence-electron chi connectivity index (χ2n) is 5.73. The summed E-state index contributed by atoms with van der Waals surface area (Å²) in [6, 6.07) is 14.8. The van der Waals surface area contributed by atoms with Crippen LogP contribution in [0.15, 0.2) is 53.0 Å². The molecule has 0 fully saturated rings. The van der Waals surface area contributed by atoms with Crippen molar-refractivity contribution < 1.29 is 13.2 Å². The van der Waals surface area contributed by atoms with Crippen molar-refractivity contribution in [3.63, 3.8) is 0 Å². The maximum atomic E-state index is 11.9. The molecule has 140 valence electrons. The lowest BCUT2D eigenvalue weighted by Crippen LogP contribution is -2.36. The molecule has 6 nitrogen and oxygen atoms in total. The molecule has 0 saturated heterocycles. The third-order valence-corrected chi connectivity index (χ3v) is 5.89. The van der Waals surface area contributed by atoms with E-state index in [0.29, 0.717) is 18.7 Å². The van der Waals surface area contributed by atoms with Crippen LogP contribution >= 0.6 is 15.9 Å². The fourth-order valence-corrected chi connectivity index (χ4v) is 3.56. The van der Waals surface area contributed by atoms with E-state index in [2.05, 4.69) is 31.3 Å². The van der Waals surface area contributed by atoms with Crippen LogP contribution in [0.2, 0.25) is 0 Å². The van der Waals surface area contributed by atoms with E-state index >= 15 is 0 Å². The number of hydrogen-bond donors (Lipinski definition) is 3. The smallest absolute Gasteiger partial charge is 0.315 e. The van der Waals surface area contributed by atoms with Crippen LogP contribution in [0.4, 0.5) is 4.79 Å². The second kappa shape index (κ2) is 9.70. The topological polar surface area (TPSA) is 87.3 Å². The first-order chi connectivity index (χ1) is 12.4. The Morgan fingerprint density at radius 2 is 1.65 bits per heavy atom. The Hall–Kier alpha value is -1.90. The normalized spacial score (nSPS) is 11.2. The number of halogens is 1. The predicted molar refractivity (Wildman–Crippen MR) is 106 cm³/mol. The van der Waals surface area contributed by atoms with E-state index in [1.54, 1.807) is 12.1 Å². The van der Waals surface area contributed by atoms with Gasteiger partial charge in [-0.05, 0) is 36.2 Å². The molecule has 0 unspecified atom stereocenters. The van der Waals surface area contributed by atoms with E-state index in [9.17, 15) is 13.2 Å². The van der Waals surface area contributed by atoms with Crippen LogP contribution in [0.1, 0.15) is 16.7 Å². The van der Waals surface area contributed by atoms with E-state index in [4.69, 9.17) is 0 Å². The number of sulfonamides is 1. The molecule has 0 aliphatic rings. The van der Waals surface area contributed by atoms with Gasteiger partial charge in [-0.15, -0.1) is 0 Å².